The highest BCUT2D eigenvalue weighted by Crippen LogP contribution is 2.40. The summed E-state index contributed by atoms with van der Waals surface area (Å²) in [6, 6.07) is 21.1. The van der Waals surface area contributed by atoms with Crippen LogP contribution in [-0.4, -0.2) is 35.4 Å². The van der Waals surface area contributed by atoms with Crippen molar-refractivity contribution in [3.8, 4) is 5.75 Å². The second kappa shape index (κ2) is 10.7. The Morgan fingerprint density at radius 3 is 2.23 bits per heavy atom. The fraction of sp³-hybridized carbons (Fsp3) is 0.353. The van der Waals surface area contributed by atoms with Crippen molar-refractivity contribution >= 4 is 17.4 Å². The number of carbonyl (C=O) groups is 2. The molecule has 1 unspecified atom stereocenters. The first-order valence-electron chi connectivity index (χ1n) is 13.8. The van der Waals surface area contributed by atoms with Crippen LogP contribution in [0.15, 0.2) is 72.3 Å². The molecule has 0 bridgehead atoms. The van der Waals surface area contributed by atoms with Gasteiger partial charge in [-0.15, -0.1) is 0 Å². The molecule has 1 atom stereocenters. The van der Waals surface area contributed by atoms with Gasteiger partial charge in [0.15, 0.2) is 0 Å². The highest BCUT2D eigenvalue weighted by atomic mass is 16.5. The average molecular weight is 524 g/mol. The predicted molar refractivity (Wildman–Crippen MR) is 154 cm³/mol. The van der Waals surface area contributed by atoms with Gasteiger partial charge in [-0.25, -0.2) is 0 Å². The molecule has 1 amide bonds. The lowest BCUT2D eigenvalue weighted by atomic mass is 9.85. The number of ether oxygens (including phenoxy) is 1. The number of ketones is 1. The second-order valence-electron chi connectivity index (χ2n) is 11.7. The van der Waals surface area contributed by atoms with Gasteiger partial charge in [-0.3, -0.25) is 9.59 Å². The van der Waals surface area contributed by atoms with E-state index in [-0.39, 0.29) is 16.7 Å². The molecule has 1 aliphatic heterocycles. The quantitative estimate of drug-likeness (QED) is 0.226. The molecule has 5 heteroatoms. The van der Waals surface area contributed by atoms with E-state index >= 15 is 0 Å². The van der Waals surface area contributed by atoms with Crippen LogP contribution in [0.5, 0.6) is 5.75 Å². The number of carbonyl (C=O) groups excluding carboxylic acids is 2. The van der Waals surface area contributed by atoms with Gasteiger partial charge in [0.1, 0.15) is 11.5 Å². The number of aliphatic hydroxyl groups is 1. The molecule has 0 aromatic heterocycles. The van der Waals surface area contributed by atoms with Crippen LogP contribution in [0, 0.1) is 0 Å². The minimum atomic E-state index is -0.659. The first kappa shape index (κ1) is 26.7. The van der Waals surface area contributed by atoms with Crippen molar-refractivity contribution in [1.29, 1.82) is 0 Å². The van der Waals surface area contributed by atoms with Gasteiger partial charge >= 0.3 is 0 Å². The molecule has 202 valence electrons. The number of aliphatic hydroxyl groups excluding tert-OH is 1. The Balaban J connectivity index is 1.55. The van der Waals surface area contributed by atoms with E-state index in [0.717, 1.165) is 41.7 Å². The Bertz CT molecular complexity index is 1410. The first-order valence-corrected chi connectivity index (χ1v) is 13.8. The Labute approximate surface area is 231 Å². The number of aryl methyl sites for hydroxylation is 2. The molecule has 5 nitrogen and oxygen atoms in total. The Hall–Kier alpha value is -3.86. The third-order valence-corrected chi connectivity index (χ3v) is 8.05. The Morgan fingerprint density at radius 2 is 1.59 bits per heavy atom. The normalized spacial score (nSPS) is 18.8. The summed E-state index contributed by atoms with van der Waals surface area (Å²) in [5.74, 6) is -0.542. The second-order valence-corrected chi connectivity index (χ2v) is 11.7. The summed E-state index contributed by atoms with van der Waals surface area (Å²) in [7, 11) is 1.63. The van der Waals surface area contributed by atoms with E-state index in [1.165, 1.54) is 17.5 Å². The molecule has 0 spiro atoms. The lowest BCUT2D eigenvalue weighted by molar-refractivity contribution is -0.139. The van der Waals surface area contributed by atoms with Crippen molar-refractivity contribution in [2.75, 3.05) is 13.7 Å². The topological polar surface area (TPSA) is 66.8 Å². The summed E-state index contributed by atoms with van der Waals surface area (Å²) < 4.78 is 5.26. The molecule has 3 aromatic carbocycles. The van der Waals surface area contributed by atoms with Crippen molar-refractivity contribution < 1.29 is 19.4 Å². The highest BCUT2D eigenvalue weighted by molar-refractivity contribution is 6.46. The maximum absolute atomic E-state index is 13.5. The monoisotopic (exact) mass is 523 g/mol. The van der Waals surface area contributed by atoms with Crippen LogP contribution in [0.2, 0.25) is 0 Å². The number of hydrogen-bond acceptors (Lipinski definition) is 4. The SMILES string of the molecule is COc1ccc(CCN2C(=O)C(=O)/C(=C(\O)c3ccc4c(c3)CCCC4)C2c2ccc(C(C)(C)C)cc2)cc1. The maximum Gasteiger partial charge on any atom is 0.295 e. The fourth-order valence-electron chi connectivity index (χ4n) is 5.70. The van der Waals surface area contributed by atoms with Crippen molar-refractivity contribution in [1.82, 2.24) is 4.90 Å². The molecular formula is C34H37NO4. The molecule has 3 aromatic rings. The van der Waals surface area contributed by atoms with E-state index in [4.69, 9.17) is 4.74 Å². The van der Waals surface area contributed by atoms with E-state index < -0.39 is 17.7 Å². The third-order valence-electron chi connectivity index (χ3n) is 8.05. The van der Waals surface area contributed by atoms with Gasteiger partial charge in [0.05, 0.1) is 18.7 Å². The number of hydrogen-bond donors (Lipinski definition) is 1. The summed E-state index contributed by atoms with van der Waals surface area (Å²) in [5.41, 5.74) is 6.26. The van der Waals surface area contributed by atoms with Crippen LogP contribution in [0.1, 0.15) is 73.0 Å². The van der Waals surface area contributed by atoms with Gasteiger partial charge in [0, 0.05) is 12.1 Å². The van der Waals surface area contributed by atoms with Gasteiger partial charge in [0.2, 0.25) is 0 Å². The molecule has 1 fully saturated rings. The zero-order chi connectivity index (χ0) is 27.7. The largest absolute Gasteiger partial charge is 0.507 e. The summed E-state index contributed by atoms with van der Waals surface area (Å²) >= 11 is 0. The van der Waals surface area contributed by atoms with Crippen LogP contribution in [0.3, 0.4) is 0 Å². The van der Waals surface area contributed by atoms with E-state index in [1.807, 2.05) is 48.5 Å². The summed E-state index contributed by atoms with van der Waals surface area (Å²) in [5, 5.41) is 11.6. The third kappa shape index (κ3) is 5.36. The summed E-state index contributed by atoms with van der Waals surface area (Å²) in [6.07, 6.45) is 4.86. The molecule has 0 saturated carbocycles. The molecule has 39 heavy (non-hydrogen) atoms. The molecular weight excluding hydrogens is 486 g/mol. The van der Waals surface area contributed by atoms with Gasteiger partial charge < -0.3 is 14.7 Å². The van der Waals surface area contributed by atoms with Crippen molar-refractivity contribution in [2.45, 2.75) is 64.3 Å². The number of amides is 1. The predicted octanol–water partition coefficient (Wildman–Crippen LogP) is 6.54. The van der Waals surface area contributed by atoms with Gasteiger partial charge in [-0.1, -0.05) is 69.3 Å². The minimum absolute atomic E-state index is 0.0299. The zero-order valence-electron chi connectivity index (χ0n) is 23.3. The number of likely N-dealkylation sites (tertiary alicyclic amines) is 1. The van der Waals surface area contributed by atoms with Gasteiger partial charge in [-0.2, -0.15) is 0 Å². The van der Waals surface area contributed by atoms with Crippen LogP contribution in [0.25, 0.3) is 5.76 Å². The maximum atomic E-state index is 13.5. The number of rotatable bonds is 6. The van der Waals surface area contributed by atoms with E-state index in [9.17, 15) is 14.7 Å². The number of nitrogens with zero attached hydrogens (tertiary/aromatic N) is 1. The Morgan fingerprint density at radius 1 is 0.923 bits per heavy atom. The first-order chi connectivity index (χ1) is 18.7. The standard InChI is InChI=1S/C34H37NO4/c1-34(2,3)27-15-13-24(14-16-27)30-29(31(36)26-12-11-23-7-5-6-8-25(23)21-26)32(37)33(38)35(30)20-19-22-9-17-28(39-4)18-10-22/h9-18,21,30,36H,5-8,19-20H2,1-4H3/b31-29-. The smallest absolute Gasteiger partial charge is 0.295 e. The van der Waals surface area contributed by atoms with Gasteiger partial charge in [0.25, 0.3) is 11.7 Å². The molecule has 5 rings (SSSR count). The average Bonchev–Trinajstić information content (AvgIpc) is 3.20. The number of fused-ring (bicyclic) bond motifs is 1. The Kier molecular flexibility index (Phi) is 7.35. The molecule has 1 aliphatic carbocycles. The van der Waals surface area contributed by atoms with Crippen LogP contribution in [0.4, 0.5) is 0 Å². The molecule has 0 radical (unpaired) electrons. The lowest BCUT2D eigenvalue weighted by Gasteiger charge is -2.27. The number of benzene rings is 3. The molecule has 2 aliphatic rings. The summed E-state index contributed by atoms with van der Waals surface area (Å²) in [6.45, 7) is 6.81. The van der Waals surface area contributed by atoms with E-state index in [1.54, 1.807) is 12.0 Å². The van der Waals surface area contributed by atoms with Gasteiger partial charge in [-0.05, 0) is 83.5 Å². The zero-order valence-corrected chi connectivity index (χ0v) is 23.3. The number of Topliss-reactive ketones (excluding diaryl/α,β-unsaturated/α-hetero) is 1. The van der Waals surface area contributed by atoms with Crippen molar-refractivity contribution in [3.05, 3.63) is 106 Å². The van der Waals surface area contributed by atoms with E-state index in [2.05, 4.69) is 39.0 Å². The fourth-order valence-corrected chi connectivity index (χ4v) is 5.70. The van der Waals surface area contributed by atoms with Crippen LogP contribution < -0.4 is 4.74 Å². The van der Waals surface area contributed by atoms with Crippen molar-refractivity contribution in [2.24, 2.45) is 0 Å². The summed E-state index contributed by atoms with van der Waals surface area (Å²) in [4.78, 5) is 28.5. The highest BCUT2D eigenvalue weighted by Gasteiger charge is 2.46. The molecule has 1 saturated heterocycles. The van der Waals surface area contributed by atoms with Crippen LogP contribution in [-0.2, 0) is 34.3 Å². The van der Waals surface area contributed by atoms with Crippen molar-refractivity contribution in [3.63, 3.8) is 0 Å². The number of methoxy groups -OCH3 is 1. The molecule has 1 N–H and O–H groups in total. The molecule has 1 heterocycles. The lowest BCUT2D eigenvalue weighted by Crippen LogP contribution is -2.31. The van der Waals surface area contributed by atoms with E-state index in [0.29, 0.717) is 18.5 Å². The van der Waals surface area contributed by atoms with Crippen LogP contribution >= 0.6 is 0 Å². The minimum Gasteiger partial charge on any atom is -0.507 e.